The van der Waals surface area contributed by atoms with Crippen molar-refractivity contribution in [1.82, 2.24) is 30.0 Å². The number of carbonyl (C=O) groups excluding carboxylic acids is 1. The smallest absolute Gasteiger partial charge is 0.269 e. The van der Waals surface area contributed by atoms with Crippen LogP contribution < -0.4 is 10.6 Å². The highest BCUT2D eigenvalue weighted by atomic mass is 16.1. The van der Waals surface area contributed by atoms with Crippen molar-refractivity contribution >= 4 is 22.6 Å². The number of anilines is 1. The Bertz CT molecular complexity index is 1170. The fourth-order valence-corrected chi connectivity index (χ4v) is 3.07. The molecule has 3 aromatic heterocycles. The summed E-state index contributed by atoms with van der Waals surface area (Å²) in [6, 6.07) is 15.2. The highest BCUT2D eigenvalue weighted by molar-refractivity contribution is 5.94. The lowest BCUT2D eigenvalue weighted by molar-refractivity contribution is 0.0950. The molecule has 1 aromatic carbocycles. The van der Waals surface area contributed by atoms with Gasteiger partial charge in [-0.3, -0.25) is 4.79 Å². The van der Waals surface area contributed by atoms with Gasteiger partial charge in [0, 0.05) is 30.2 Å². The van der Waals surface area contributed by atoms with E-state index in [0.29, 0.717) is 30.4 Å². The molecule has 0 saturated carbocycles. The van der Waals surface area contributed by atoms with Crippen molar-refractivity contribution in [2.24, 2.45) is 0 Å². The van der Waals surface area contributed by atoms with E-state index in [1.807, 2.05) is 56.3 Å². The topological polar surface area (TPSA) is 97.6 Å². The maximum atomic E-state index is 12.3. The molecule has 0 bridgehead atoms. The van der Waals surface area contributed by atoms with Crippen LogP contribution in [0.5, 0.6) is 0 Å². The quantitative estimate of drug-likeness (QED) is 0.494. The summed E-state index contributed by atoms with van der Waals surface area (Å²) >= 11 is 0. The molecule has 0 atom stereocenters. The van der Waals surface area contributed by atoms with Gasteiger partial charge in [0.05, 0.1) is 11.2 Å². The molecular weight excluding hydrogens is 366 g/mol. The van der Waals surface area contributed by atoms with Crippen LogP contribution in [0, 0.1) is 13.8 Å². The average Bonchev–Trinajstić information content (AvgIpc) is 3.09. The summed E-state index contributed by atoms with van der Waals surface area (Å²) in [5, 5.41) is 11.5. The Morgan fingerprint density at radius 1 is 1.03 bits per heavy atom. The van der Waals surface area contributed by atoms with E-state index in [9.17, 15) is 4.79 Å². The second-order valence-corrected chi connectivity index (χ2v) is 6.67. The van der Waals surface area contributed by atoms with Gasteiger partial charge >= 0.3 is 0 Å². The standard InChI is InChI=1S/C21H21N7O/c1-14-11-15(2)28(27-14)20-12-19(24-13-25-20)22-9-10-23-21(29)18-8-7-16-5-3-4-6-17(16)26-18/h3-8,11-13H,9-10H2,1-2H3,(H,23,29)(H,22,24,25). The molecule has 0 aliphatic heterocycles. The van der Waals surface area contributed by atoms with Crippen molar-refractivity contribution in [2.75, 3.05) is 18.4 Å². The fraction of sp³-hybridized carbons (Fsp3) is 0.190. The summed E-state index contributed by atoms with van der Waals surface area (Å²) in [4.78, 5) is 25.2. The van der Waals surface area contributed by atoms with E-state index in [1.165, 1.54) is 6.33 Å². The van der Waals surface area contributed by atoms with Gasteiger partial charge in [-0.05, 0) is 32.0 Å². The molecule has 0 aliphatic carbocycles. The number of nitrogens with one attached hydrogen (secondary N) is 2. The lowest BCUT2D eigenvalue weighted by Crippen LogP contribution is -2.29. The van der Waals surface area contributed by atoms with Crippen molar-refractivity contribution in [1.29, 1.82) is 0 Å². The zero-order valence-corrected chi connectivity index (χ0v) is 16.3. The van der Waals surface area contributed by atoms with Crippen LogP contribution in [0.25, 0.3) is 16.7 Å². The van der Waals surface area contributed by atoms with Crippen molar-refractivity contribution in [3.05, 3.63) is 71.9 Å². The monoisotopic (exact) mass is 387 g/mol. The summed E-state index contributed by atoms with van der Waals surface area (Å²) < 4.78 is 1.77. The molecule has 0 radical (unpaired) electrons. The van der Waals surface area contributed by atoms with Crippen molar-refractivity contribution in [2.45, 2.75) is 13.8 Å². The minimum atomic E-state index is -0.205. The average molecular weight is 387 g/mol. The van der Waals surface area contributed by atoms with Gasteiger partial charge in [-0.2, -0.15) is 5.10 Å². The van der Waals surface area contributed by atoms with E-state index < -0.39 is 0 Å². The van der Waals surface area contributed by atoms with Crippen molar-refractivity contribution in [3.8, 4) is 5.82 Å². The molecule has 2 N–H and O–H groups in total. The summed E-state index contributed by atoms with van der Waals surface area (Å²) in [6.45, 7) is 4.88. The number of amides is 1. The first kappa shape index (κ1) is 18.5. The molecule has 0 saturated heterocycles. The van der Waals surface area contributed by atoms with E-state index in [-0.39, 0.29) is 5.91 Å². The first-order valence-corrected chi connectivity index (χ1v) is 9.34. The number of carbonyl (C=O) groups is 1. The van der Waals surface area contributed by atoms with Gasteiger partial charge in [0.15, 0.2) is 5.82 Å². The van der Waals surface area contributed by atoms with Gasteiger partial charge in [0.25, 0.3) is 5.91 Å². The summed E-state index contributed by atoms with van der Waals surface area (Å²) in [5.41, 5.74) is 3.14. The highest BCUT2D eigenvalue weighted by Crippen LogP contribution is 2.13. The number of aryl methyl sites for hydroxylation is 2. The Morgan fingerprint density at radius 3 is 2.72 bits per heavy atom. The maximum Gasteiger partial charge on any atom is 0.269 e. The van der Waals surface area contributed by atoms with E-state index in [2.05, 4.69) is 30.7 Å². The van der Waals surface area contributed by atoms with Crippen LogP contribution in [-0.4, -0.2) is 43.7 Å². The zero-order valence-electron chi connectivity index (χ0n) is 16.3. The predicted octanol–water partition coefficient (Wildman–Crippen LogP) is 2.67. The summed E-state index contributed by atoms with van der Waals surface area (Å²) in [7, 11) is 0. The minimum absolute atomic E-state index is 0.205. The molecule has 8 heteroatoms. The Morgan fingerprint density at radius 2 is 1.90 bits per heavy atom. The van der Waals surface area contributed by atoms with Gasteiger partial charge in [-0.15, -0.1) is 0 Å². The molecule has 0 spiro atoms. The van der Waals surface area contributed by atoms with Crippen LogP contribution in [0.15, 0.2) is 54.9 Å². The third kappa shape index (κ3) is 4.21. The first-order chi connectivity index (χ1) is 14.1. The molecule has 4 aromatic rings. The third-order valence-electron chi connectivity index (χ3n) is 4.43. The molecule has 3 heterocycles. The fourth-order valence-electron chi connectivity index (χ4n) is 3.07. The molecule has 4 rings (SSSR count). The lowest BCUT2D eigenvalue weighted by atomic mass is 10.2. The number of benzene rings is 1. The zero-order chi connectivity index (χ0) is 20.2. The van der Waals surface area contributed by atoms with Gasteiger partial charge in [-0.25, -0.2) is 19.6 Å². The van der Waals surface area contributed by atoms with Gasteiger partial charge in [0.2, 0.25) is 0 Å². The summed E-state index contributed by atoms with van der Waals surface area (Å²) in [5.74, 6) is 1.15. The molecule has 0 unspecified atom stereocenters. The van der Waals surface area contributed by atoms with Gasteiger partial charge < -0.3 is 10.6 Å². The highest BCUT2D eigenvalue weighted by Gasteiger charge is 2.08. The number of fused-ring (bicyclic) bond motifs is 1. The van der Waals surface area contributed by atoms with Crippen LogP contribution in [0.1, 0.15) is 21.9 Å². The van der Waals surface area contributed by atoms with E-state index >= 15 is 0 Å². The van der Waals surface area contributed by atoms with Crippen LogP contribution in [0.2, 0.25) is 0 Å². The number of para-hydroxylation sites is 1. The van der Waals surface area contributed by atoms with Crippen LogP contribution in [0.4, 0.5) is 5.82 Å². The maximum absolute atomic E-state index is 12.3. The largest absolute Gasteiger partial charge is 0.368 e. The Kier molecular flexibility index (Phi) is 5.15. The van der Waals surface area contributed by atoms with Crippen LogP contribution >= 0.6 is 0 Å². The molecule has 0 fully saturated rings. The second-order valence-electron chi connectivity index (χ2n) is 6.67. The molecule has 146 valence electrons. The number of pyridine rings is 1. The van der Waals surface area contributed by atoms with Gasteiger partial charge in [0.1, 0.15) is 17.8 Å². The number of rotatable bonds is 6. The summed E-state index contributed by atoms with van der Waals surface area (Å²) in [6.07, 6.45) is 1.49. The Balaban J connectivity index is 1.34. The predicted molar refractivity (Wildman–Crippen MR) is 111 cm³/mol. The molecule has 29 heavy (non-hydrogen) atoms. The second kappa shape index (κ2) is 8.05. The SMILES string of the molecule is Cc1cc(C)n(-c2cc(NCCNC(=O)c3ccc4ccccc4n3)ncn2)n1. The lowest BCUT2D eigenvalue weighted by Gasteiger charge is -2.09. The molecule has 0 aliphatic rings. The third-order valence-corrected chi connectivity index (χ3v) is 4.43. The first-order valence-electron chi connectivity index (χ1n) is 9.34. The molecular formula is C21H21N7O. The number of hydrogen-bond donors (Lipinski definition) is 2. The number of aromatic nitrogens is 5. The van der Waals surface area contributed by atoms with Crippen molar-refractivity contribution in [3.63, 3.8) is 0 Å². The number of nitrogens with zero attached hydrogens (tertiary/aromatic N) is 5. The normalized spacial score (nSPS) is 10.8. The number of hydrogen-bond acceptors (Lipinski definition) is 6. The van der Waals surface area contributed by atoms with E-state index in [4.69, 9.17) is 0 Å². The Labute approximate surface area is 168 Å². The van der Waals surface area contributed by atoms with E-state index in [1.54, 1.807) is 10.7 Å². The van der Waals surface area contributed by atoms with Gasteiger partial charge in [-0.1, -0.05) is 24.3 Å². The van der Waals surface area contributed by atoms with Crippen LogP contribution in [-0.2, 0) is 0 Å². The van der Waals surface area contributed by atoms with Crippen LogP contribution in [0.3, 0.4) is 0 Å². The molecule has 8 nitrogen and oxygen atoms in total. The molecule has 1 amide bonds. The van der Waals surface area contributed by atoms with E-state index in [0.717, 1.165) is 22.3 Å². The van der Waals surface area contributed by atoms with Crippen molar-refractivity contribution < 1.29 is 4.79 Å². The Hall–Kier alpha value is -3.81. The minimum Gasteiger partial charge on any atom is -0.368 e.